The van der Waals surface area contributed by atoms with E-state index < -0.39 is 0 Å². The second-order valence-electron chi connectivity index (χ2n) is 5.50. The zero-order valence-electron chi connectivity index (χ0n) is 13.1. The van der Waals surface area contributed by atoms with E-state index in [0.717, 1.165) is 18.4 Å². The van der Waals surface area contributed by atoms with Crippen molar-refractivity contribution in [1.82, 2.24) is 4.90 Å². The molecule has 0 aliphatic rings. The minimum atomic E-state index is -0.0158. The molecule has 0 bridgehead atoms. The Morgan fingerprint density at radius 2 is 1.85 bits per heavy atom. The lowest BCUT2D eigenvalue weighted by molar-refractivity contribution is 0.0595. The number of nitrogen functional groups attached to an aromatic ring is 1. The molecular weight excluding hydrogens is 252 g/mol. The summed E-state index contributed by atoms with van der Waals surface area (Å²) in [5, 5.41) is 9.61. The van der Waals surface area contributed by atoms with Crippen molar-refractivity contribution in [3.05, 3.63) is 23.3 Å². The summed E-state index contributed by atoms with van der Waals surface area (Å²) in [4.78, 5) is 14.7. The number of hydrogen-bond acceptors (Lipinski definition) is 3. The summed E-state index contributed by atoms with van der Waals surface area (Å²) in [6, 6.07) is 3.47. The normalized spacial score (nSPS) is 11.2. The van der Waals surface area contributed by atoms with Crippen LogP contribution in [0.1, 0.15) is 56.5 Å². The average Bonchev–Trinajstić information content (AvgIpc) is 2.38. The van der Waals surface area contributed by atoms with Crippen LogP contribution in [0.3, 0.4) is 0 Å². The van der Waals surface area contributed by atoms with E-state index in [1.54, 1.807) is 12.1 Å². The van der Waals surface area contributed by atoms with E-state index in [0.29, 0.717) is 5.56 Å². The van der Waals surface area contributed by atoms with Crippen molar-refractivity contribution >= 4 is 11.6 Å². The first-order valence-electron chi connectivity index (χ1n) is 7.25. The van der Waals surface area contributed by atoms with Crippen LogP contribution < -0.4 is 5.73 Å². The third-order valence-corrected chi connectivity index (χ3v) is 3.73. The highest BCUT2D eigenvalue weighted by molar-refractivity contribution is 5.97. The highest BCUT2D eigenvalue weighted by atomic mass is 16.3. The second-order valence-corrected chi connectivity index (χ2v) is 5.50. The third kappa shape index (κ3) is 3.24. The van der Waals surface area contributed by atoms with Crippen molar-refractivity contribution in [3.8, 4) is 5.75 Å². The number of aryl methyl sites for hydroxylation is 1. The number of carbonyl (C=O) groups is 1. The molecule has 4 nitrogen and oxygen atoms in total. The molecule has 0 spiro atoms. The van der Waals surface area contributed by atoms with Gasteiger partial charge in [0.25, 0.3) is 5.91 Å². The molecule has 0 saturated carbocycles. The quantitative estimate of drug-likeness (QED) is 0.641. The third-order valence-electron chi connectivity index (χ3n) is 3.73. The Morgan fingerprint density at radius 3 is 2.30 bits per heavy atom. The molecule has 112 valence electrons. The minimum absolute atomic E-state index is 0.0158. The van der Waals surface area contributed by atoms with Crippen LogP contribution in [-0.4, -0.2) is 28.0 Å². The molecule has 20 heavy (non-hydrogen) atoms. The van der Waals surface area contributed by atoms with Gasteiger partial charge in [0.15, 0.2) is 0 Å². The molecule has 0 fully saturated rings. The Kier molecular flexibility index (Phi) is 5.43. The van der Waals surface area contributed by atoms with Crippen molar-refractivity contribution in [3.63, 3.8) is 0 Å². The first-order valence-corrected chi connectivity index (χ1v) is 7.25. The molecule has 1 rings (SSSR count). The molecule has 1 aromatic carbocycles. The molecule has 0 unspecified atom stereocenters. The number of benzene rings is 1. The molecule has 1 aromatic rings. The van der Waals surface area contributed by atoms with Gasteiger partial charge in [0.1, 0.15) is 5.75 Å². The van der Waals surface area contributed by atoms with Crippen LogP contribution in [0.25, 0.3) is 0 Å². The van der Waals surface area contributed by atoms with Crippen molar-refractivity contribution < 1.29 is 9.90 Å². The number of aromatic hydroxyl groups is 1. The Bertz CT molecular complexity index is 480. The number of carbonyl (C=O) groups excluding carboxylic acids is 1. The zero-order chi connectivity index (χ0) is 15.4. The number of nitrogens with two attached hydrogens (primary N) is 1. The molecule has 0 atom stereocenters. The van der Waals surface area contributed by atoms with Crippen LogP contribution >= 0.6 is 0 Å². The van der Waals surface area contributed by atoms with Crippen molar-refractivity contribution in [2.24, 2.45) is 0 Å². The van der Waals surface area contributed by atoms with Gasteiger partial charge < -0.3 is 15.7 Å². The van der Waals surface area contributed by atoms with Crippen molar-refractivity contribution in [2.75, 3.05) is 5.73 Å². The van der Waals surface area contributed by atoms with Gasteiger partial charge in [-0.05, 0) is 51.3 Å². The average molecular weight is 278 g/mol. The number of hydrogen-bond donors (Lipinski definition) is 2. The summed E-state index contributed by atoms with van der Waals surface area (Å²) in [5.41, 5.74) is 7.29. The fourth-order valence-corrected chi connectivity index (χ4v) is 2.58. The van der Waals surface area contributed by atoms with E-state index >= 15 is 0 Å². The van der Waals surface area contributed by atoms with Gasteiger partial charge in [-0.15, -0.1) is 0 Å². The summed E-state index contributed by atoms with van der Waals surface area (Å²) in [6.07, 6.45) is 1.85. The molecule has 4 heteroatoms. The van der Waals surface area contributed by atoms with Crippen LogP contribution in [0, 0.1) is 6.92 Å². The molecule has 0 heterocycles. The van der Waals surface area contributed by atoms with Gasteiger partial charge in [-0.2, -0.15) is 0 Å². The van der Waals surface area contributed by atoms with E-state index in [1.165, 1.54) is 0 Å². The maximum Gasteiger partial charge on any atom is 0.254 e. The largest absolute Gasteiger partial charge is 0.506 e. The van der Waals surface area contributed by atoms with Gasteiger partial charge in [-0.3, -0.25) is 4.79 Å². The first-order chi connectivity index (χ1) is 9.33. The number of anilines is 1. The van der Waals surface area contributed by atoms with Gasteiger partial charge >= 0.3 is 0 Å². The van der Waals surface area contributed by atoms with Gasteiger partial charge in [0, 0.05) is 17.6 Å². The number of rotatable bonds is 5. The molecule has 1 amide bonds. The Labute approximate surface area is 121 Å². The molecule has 0 radical (unpaired) electrons. The Balaban J connectivity index is 3.22. The van der Waals surface area contributed by atoms with E-state index in [-0.39, 0.29) is 29.4 Å². The van der Waals surface area contributed by atoms with E-state index in [9.17, 15) is 9.90 Å². The van der Waals surface area contributed by atoms with Crippen molar-refractivity contribution in [1.29, 1.82) is 0 Å². The van der Waals surface area contributed by atoms with E-state index in [2.05, 4.69) is 13.8 Å². The highest BCUT2D eigenvalue weighted by Gasteiger charge is 2.26. The standard InChI is InChI=1S/C16H26N2O2/c1-6-12(7-2)18(10(3)4)16(20)13-9-14(17)15(19)8-11(13)5/h8-10,12,19H,6-7,17H2,1-5H3. The predicted octanol–water partition coefficient (Wildman–Crippen LogP) is 3.32. The SMILES string of the molecule is CCC(CC)N(C(=O)c1cc(N)c(O)cc1C)C(C)C. The van der Waals surface area contributed by atoms with Gasteiger partial charge in [-0.25, -0.2) is 0 Å². The lowest BCUT2D eigenvalue weighted by Gasteiger charge is -2.34. The summed E-state index contributed by atoms with van der Waals surface area (Å²) in [7, 11) is 0. The molecule has 0 aromatic heterocycles. The van der Waals surface area contributed by atoms with E-state index in [1.807, 2.05) is 25.7 Å². The molecule has 0 saturated heterocycles. The van der Waals surface area contributed by atoms with Gasteiger partial charge in [0.2, 0.25) is 0 Å². The van der Waals surface area contributed by atoms with Gasteiger partial charge in [-0.1, -0.05) is 13.8 Å². The van der Waals surface area contributed by atoms with Crippen LogP contribution in [0.15, 0.2) is 12.1 Å². The van der Waals surface area contributed by atoms with Crippen LogP contribution in [0.5, 0.6) is 5.75 Å². The second kappa shape index (κ2) is 6.64. The number of amides is 1. The monoisotopic (exact) mass is 278 g/mol. The summed E-state index contributed by atoms with van der Waals surface area (Å²) in [5.74, 6) is 0.00980. The number of phenolic OH excluding ortho intramolecular Hbond substituents is 1. The maximum absolute atomic E-state index is 12.8. The van der Waals surface area contributed by atoms with Crippen LogP contribution in [-0.2, 0) is 0 Å². The smallest absolute Gasteiger partial charge is 0.254 e. The Hall–Kier alpha value is -1.71. The minimum Gasteiger partial charge on any atom is -0.506 e. The highest BCUT2D eigenvalue weighted by Crippen LogP contribution is 2.26. The van der Waals surface area contributed by atoms with E-state index in [4.69, 9.17) is 5.73 Å². The number of phenols is 1. The maximum atomic E-state index is 12.8. The molecular formula is C16H26N2O2. The first kappa shape index (κ1) is 16.3. The fraction of sp³-hybridized carbons (Fsp3) is 0.562. The van der Waals surface area contributed by atoms with Gasteiger partial charge in [0.05, 0.1) is 5.69 Å². The predicted molar refractivity (Wildman–Crippen MR) is 82.9 cm³/mol. The summed E-state index contributed by atoms with van der Waals surface area (Å²) >= 11 is 0. The lowest BCUT2D eigenvalue weighted by atomic mass is 10.0. The molecule has 0 aliphatic heterocycles. The fourth-order valence-electron chi connectivity index (χ4n) is 2.58. The molecule has 3 N–H and O–H groups in total. The molecule has 0 aliphatic carbocycles. The van der Waals surface area contributed by atoms with Crippen LogP contribution in [0.2, 0.25) is 0 Å². The van der Waals surface area contributed by atoms with Crippen LogP contribution in [0.4, 0.5) is 5.69 Å². The van der Waals surface area contributed by atoms with Crippen molar-refractivity contribution in [2.45, 2.75) is 59.5 Å². The topological polar surface area (TPSA) is 66.6 Å². The lowest BCUT2D eigenvalue weighted by Crippen LogP contribution is -2.44. The number of nitrogens with zero attached hydrogens (tertiary/aromatic N) is 1. The summed E-state index contributed by atoms with van der Waals surface area (Å²) < 4.78 is 0. The Morgan fingerprint density at radius 1 is 1.30 bits per heavy atom. The zero-order valence-corrected chi connectivity index (χ0v) is 13.1. The summed E-state index contributed by atoms with van der Waals surface area (Å²) in [6.45, 7) is 10.0.